The fourth-order valence-electron chi connectivity index (χ4n) is 4.20. The van der Waals surface area contributed by atoms with Crippen LogP contribution in [0.3, 0.4) is 0 Å². The summed E-state index contributed by atoms with van der Waals surface area (Å²) in [6, 6.07) is 17.6. The molecule has 0 fully saturated rings. The number of phenols is 1. The predicted octanol–water partition coefficient (Wildman–Crippen LogP) is 5.23. The largest absolute Gasteiger partial charge is 0.504 e. The van der Waals surface area contributed by atoms with Crippen LogP contribution in [0.15, 0.2) is 78.5 Å². The molecule has 9 heteroatoms. The van der Waals surface area contributed by atoms with Crippen molar-refractivity contribution in [3.63, 3.8) is 0 Å². The molecule has 0 saturated heterocycles. The molecule has 9 nitrogen and oxygen atoms in total. The molecular weight excluding hydrogens is 500 g/mol. The highest BCUT2D eigenvalue weighted by molar-refractivity contribution is 6.11. The highest BCUT2D eigenvalue weighted by atomic mass is 16.5. The summed E-state index contributed by atoms with van der Waals surface area (Å²) in [4.78, 5) is 39.4. The number of carbonyl (C=O) groups is 3. The minimum absolute atomic E-state index is 0.000666. The molecule has 202 valence electrons. The lowest BCUT2D eigenvalue weighted by atomic mass is 10.0. The zero-order valence-corrected chi connectivity index (χ0v) is 22.0. The number of benzene rings is 3. The van der Waals surface area contributed by atoms with E-state index in [0.29, 0.717) is 46.1 Å². The van der Waals surface area contributed by atoms with Gasteiger partial charge < -0.3 is 24.6 Å². The van der Waals surface area contributed by atoms with E-state index in [4.69, 9.17) is 14.2 Å². The molecule has 1 aliphatic rings. The molecule has 0 saturated carbocycles. The van der Waals surface area contributed by atoms with Crippen LogP contribution in [0.1, 0.15) is 53.1 Å². The first-order chi connectivity index (χ1) is 18.9. The summed E-state index contributed by atoms with van der Waals surface area (Å²) in [7, 11) is 0. The van der Waals surface area contributed by atoms with Crippen LogP contribution in [-0.4, -0.2) is 42.8 Å². The summed E-state index contributed by atoms with van der Waals surface area (Å²) < 4.78 is 15.7. The number of ether oxygens (including phenoxy) is 3. The van der Waals surface area contributed by atoms with Crippen LogP contribution < -0.4 is 15.0 Å². The van der Waals surface area contributed by atoms with Crippen molar-refractivity contribution in [2.45, 2.75) is 26.8 Å². The molecule has 1 aliphatic heterocycles. The van der Waals surface area contributed by atoms with E-state index in [1.54, 1.807) is 85.5 Å². The third-order valence-corrected chi connectivity index (χ3v) is 6.01. The van der Waals surface area contributed by atoms with Crippen molar-refractivity contribution in [1.82, 2.24) is 0 Å². The number of nitrogens with one attached hydrogen (secondary N) is 1. The molecule has 0 unspecified atom stereocenters. The number of hydrogen-bond acceptors (Lipinski definition) is 8. The molecule has 4 rings (SSSR count). The van der Waals surface area contributed by atoms with Crippen LogP contribution in [0.5, 0.6) is 11.5 Å². The zero-order chi connectivity index (χ0) is 27.9. The lowest BCUT2D eigenvalue weighted by Gasteiger charge is -2.26. The van der Waals surface area contributed by atoms with Gasteiger partial charge in [-0.2, -0.15) is 0 Å². The summed E-state index contributed by atoms with van der Waals surface area (Å²) in [6.07, 6.45) is 1.78. The SMILES string of the molecule is CCOC(=O)c1ccc(NC2=C[C@@H](c3ccc(O)c(OCC)c3)N(c3ccc(C(=O)OCC)cc3)C2=O)cc1. The van der Waals surface area contributed by atoms with Gasteiger partial charge in [-0.15, -0.1) is 0 Å². The molecule has 2 N–H and O–H groups in total. The number of phenolic OH excluding ortho intramolecular Hbond substituents is 1. The van der Waals surface area contributed by atoms with Gasteiger partial charge in [-0.05, 0) is 93.1 Å². The van der Waals surface area contributed by atoms with Crippen molar-refractivity contribution in [1.29, 1.82) is 0 Å². The Balaban J connectivity index is 1.67. The topological polar surface area (TPSA) is 114 Å². The summed E-state index contributed by atoms with van der Waals surface area (Å²) in [5.74, 6) is -0.858. The Bertz CT molecular complexity index is 1380. The monoisotopic (exact) mass is 530 g/mol. The number of rotatable bonds is 10. The van der Waals surface area contributed by atoms with E-state index in [1.165, 1.54) is 6.07 Å². The Morgan fingerprint density at radius 2 is 1.44 bits per heavy atom. The molecule has 1 heterocycles. The predicted molar refractivity (Wildman–Crippen MR) is 146 cm³/mol. The van der Waals surface area contributed by atoms with Crippen LogP contribution in [0, 0.1) is 0 Å². The molecule has 39 heavy (non-hydrogen) atoms. The summed E-state index contributed by atoms with van der Waals surface area (Å²) >= 11 is 0. The molecule has 0 radical (unpaired) electrons. The number of hydrogen-bond donors (Lipinski definition) is 2. The first kappa shape index (κ1) is 27.3. The molecule has 1 atom stereocenters. The summed E-state index contributed by atoms with van der Waals surface area (Å²) in [6.45, 7) is 6.20. The van der Waals surface area contributed by atoms with Crippen LogP contribution in [0.25, 0.3) is 0 Å². The number of anilines is 2. The van der Waals surface area contributed by atoms with E-state index in [9.17, 15) is 19.5 Å². The Kier molecular flexibility index (Phi) is 8.50. The van der Waals surface area contributed by atoms with Gasteiger partial charge in [-0.1, -0.05) is 6.07 Å². The van der Waals surface area contributed by atoms with Gasteiger partial charge in [0, 0.05) is 11.4 Å². The normalized spacial score (nSPS) is 14.5. The number of nitrogens with zero attached hydrogens (tertiary/aromatic N) is 1. The van der Waals surface area contributed by atoms with Gasteiger partial charge in [-0.3, -0.25) is 9.69 Å². The van der Waals surface area contributed by atoms with Gasteiger partial charge >= 0.3 is 11.9 Å². The van der Waals surface area contributed by atoms with E-state index >= 15 is 0 Å². The van der Waals surface area contributed by atoms with Gasteiger partial charge in [0.05, 0.1) is 37.0 Å². The Hall–Kier alpha value is -4.79. The Morgan fingerprint density at radius 3 is 2.00 bits per heavy atom. The van der Waals surface area contributed by atoms with E-state index in [0.717, 1.165) is 0 Å². The first-order valence-electron chi connectivity index (χ1n) is 12.7. The Labute approximate surface area is 226 Å². The third kappa shape index (κ3) is 6.04. The van der Waals surface area contributed by atoms with Crippen molar-refractivity contribution in [2.75, 3.05) is 30.0 Å². The lowest BCUT2D eigenvalue weighted by Crippen LogP contribution is -2.30. The standard InChI is InChI=1S/C30H30N2O7/c1-4-37-27-17-21(11-16-26(27)33)25-18-24(31-22-12-7-19(8-13-22)29(35)38-5-2)28(34)32(25)23-14-9-20(10-15-23)30(36)39-6-3/h7-18,25,31,33H,4-6H2,1-3H3/t25-/m0/s1. The van der Waals surface area contributed by atoms with Crippen LogP contribution in [0.4, 0.5) is 11.4 Å². The minimum atomic E-state index is -0.535. The molecule has 0 bridgehead atoms. The molecule has 0 spiro atoms. The van der Waals surface area contributed by atoms with Gasteiger partial charge in [-0.25, -0.2) is 9.59 Å². The number of amides is 1. The molecule has 1 amide bonds. The van der Waals surface area contributed by atoms with E-state index in [2.05, 4.69) is 5.32 Å². The third-order valence-electron chi connectivity index (χ3n) is 6.01. The maximum atomic E-state index is 13.7. The second kappa shape index (κ2) is 12.2. The van der Waals surface area contributed by atoms with Crippen molar-refractivity contribution in [2.24, 2.45) is 0 Å². The van der Waals surface area contributed by atoms with Crippen LogP contribution >= 0.6 is 0 Å². The Morgan fingerprint density at radius 1 is 0.846 bits per heavy atom. The number of carbonyl (C=O) groups excluding carboxylic acids is 3. The van der Waals surface area contributed by atoms with Crippen LogP contribution in [0.2, 0.25) is 0 Å². The van der Waals surface area contributed by atoms with Gasteiger partial charge in [0.15, 0.2) is 11.5 Å². The zero-order valence-electron chi connectivity index (χ0n) is 22.0. The van der Waals surface area contributed by atoms with Crippen molar-refractivity contribution in [3.05, 3.63) is 95.2 Å². The molecule has 3 aromatic carbocycles. The fourth-order valence-corrected chi connectivity index (χ4v) is 4.20. The number of aromatic hydroxyl groups is 1. The minimum Gasteiger partial charge on any atom is -0.504 e. The lowest BCUT2D eigenvalue weighted by molar-refractivity contribution is -0.114. The number of esters is 2. The highest BCUT2D eigenvalue weighted by Gasteiger charge is 2.35. The van der Waals surface area contributed by atoms with E-state index < -0.39 is 18.0 Å². The van der Waals surface area contributed by atoms with E-state index in [-0.39, 0.29) is 24.9 Å². The average Bonchev–Trinajstić information content (AvgIpc) is 3.26. The van der Waals surface area contributed by atoms with Gasteiger partial charge in [0.25, 0.3) is 5.91 Å². The average molecular weight is 531 g/mol. The van der Waals surface area contributed by atoms with Crippen molar-refractivity contribution >= 4 is 29.2 Å². The van der Waals surface area contributed by atoms with Gasteiger partial charge in [0.2, 0.25) is 0 Å². The van der Waals surface area contributed by atoms with Crippen LogP contribution in [-0.2, 0) is 14.3 Å². The second-order valence-electron chi connectivity index (χ2n) is 8.55. The summed E-state index contributed by atoms with van der Waals surface area (Å²) in [5, 5.41) is 13.4. The maximum Gasteiger partial charge on any atom is 0.338 e. The fraction of sp³-hybridized carbons (Fsp3) is 0.233. The summed E-state index contributed by atoms with van der Waals surface area (Å²) in [5.41, 5.74) is 3.00. The molecule has 0 aliphatic carbocycles. The molecule has 3 aromatic rings. The second-order valence-corrected chi connectivity index (χ2v) is 8.55. The van der Waals surface area contributed by atoms with Crippen molar-refractivity contribution in [3.8, 4) is 11.5 Å². The van der Waals surface area contributed by atoms with Gasteiger partial charge in [0.1, 0.15) is 5.70 Å². The smallest absolute Gasteiger partial charge is 0.338 e. The van der Waals surface area contributed by atoms with E-state index in [1.807, 2.05) is 6.92 Å². The molecular formula is C30H30N2O7. The maximum absolute atomic E-state index is 13.7. The van der Waals surface area contributed by atoms with Crippen molar-refractivity contribution < 1.29 is 33.7 Å². The highest BCUT2D eigenvalue weighted by Crippen LogP contribution is 2.39. The first-order valence-corrected chi connectivity index (χ1v) is 12.7. The molecule has 0 aromatic heterocycles. The quantitative estimate of drug-likeness (QED) is 0.343.